The van der Waals surface area contributed by atoms with E-state index in [1.165, 1.54) is 6.92 Å². The Morgan fingerprint density at radius 3 is 2.06 bits per heavy atom. The van der Waals surface area contributed by atoms with E-state index in [2.05, 4.69) is 0 Å². The fourth-order valence-electron chi connectivity index (χ4n) is 1.40. The first-order valence-corrected chi connectivity index (χ1v) is 4.56. The van der Waals surface area contributed by atoms with E-state index in [1.807, 2.05) is 0 Å². The maximum absolute atomic E-state index is 12.5. The first-order valence-electron chi connectivity index (χ1n) is 4.56. The lowest BCUT2D eigenvalue weighted by Gasteiger charge is -2.20. The highest BCUT2D eigenvalue weighted by atomic mass is 19.4. The van der Waals surface area contributed by atoms with Gasteiger partial charge in [-0.25, -0.2) is 0 Å². The molecular formula is C9H8BF6-. The zero-order valence-corrected chi connectivity index (χ0v) is 8.28. The van der Waals surface area contributed by atoms with Crippen LogP contribution < -0.4 is 5.46 Å². The summed E-state index contributed by atoms with van der Waals surface area (Å²) in [6.07, 6.45) is -4.70. The second-order valence-corrected chi connectivity index (χ2v) is 3.34. The number of aryl methyl sites for hydroxylation is 1. The summed E-state index contributed by atoms with van der Waals surface area (Å²) in [5.41, 5.74) is -2.53. The maximum atomic E-state index is 12.5. The summed E-state index contributed by atoms with van der Waals surface area (Å²) in [5.74, 6) is 0. The van der Waals surface area contributed by atoms with Crippen molar-refractivity contribution >= 4 is 12.4 Å². The molecule has 0 aliphatic heterocycles. The summed E-state index contributed by atoms with van der Waals surface area (Å²) in [6, 6.07) is 1.73. The van der Waals surface area contributed by atoms with Crippen LogP contribution in [0.5, 0.6) is 0 Å². The van der Waals surface area contributed by atoms with Crippen LogP contribution in [0.4, 0.5) is 26.1 Å². The lowest BCUT2D eigenvalue weighted by molar-refractivity contribution is -0.137. The Hall–Kier alpha value is -1.14. The van der Waals surface area contributed by atoms with Crippen LogP contribution in [-0.4, -0.2) is 6.98 Å². The monoisotopic (exact) mass is 241 g/mol. The second-order valence-electron chi connectivity index (χ2n) is 3.34. The van der Waals surface area contributed by atoms with Gasteiger partial charge in [-0.05, 0) is 12.5 Å². The zero-order valence-electron chi connectivity index (χ0n) is 8.28. The smallest absolute Gasteiger partial charge is 0.445 e. The van der Waals surface area contributed by atoms with Crippen molar-refractivity contribution in [2.24, 2.45) is 0 Å². The molecule has 1 aromatic rings. The van der Waals surface area contributed by atoms with Gasteiger partial charge in [-0.2, -0.15) is 13.2 Å². The molecule has 0 saturated carbocycles. The second kappa shape index (κ2) is 4.03. The fourth-order valence-corrected chi connectivity index (χ4v) is 1.40. The van der Waals surface area contributed by atoms with E-state index in [9.17, 15) is 26.1 Å². The molecular weight excluding hydrogens is 233 g/mol. The molecule has 0 nitrogen and oxygen atoms in total. The Kier molecular flexibility index (Phi) is 3.26. The largest absolute Gasteiger partial charge is 0.509 e. The molecule has 0 saturated heterocycles. The lowest BCUT2D eigenvalue weighted by Crippen LogP contribution is -2.37. The summed E-state index contributed by atoms with van der Waals surface area (Å²) in [7, 11) is 0. The number of benzene rings is 1. The third-order valence-corrected chi connectivity index (χ3v) is 2.21. The van der Waals surface area contributed by atoms with E-state index in [0.29, 0.717) is 6.07 Å². The van der Waals surface area contributed by atoms with E-state index in [4.69, 9.17) is 0 Å². The minimum atomic E-state index is -5.41. The summed E-state index contributed by atoms with van der Waals surface area (Å²) in [6.45, 7) is -3.94. The summed E-state index contributed by atoms with van der Waals surface area (Å²) >= 11 is 0. The quantitative estimate of drug-likeness (QED) is 0.550. The Morgan fingerprint density at radius 1 is 1.12 bits per heavy atom. The first kappa shape index (κ1) is 12.9. The number of halogens is 6. The molecule has 1 aromatic carbocycles. The third kappa shape index (κ3) is 2.71. The molecule has 0 radical (unpaired) electrons. The number of hydrogen-bond donors (Lipinski definition) is 0. The molecule has 1 rings (SSSR count). The number of hydrogen-bond acceptors (Lipinski definition) is 0. The topological polar surface area (TPSA) is 0 Å². The van der Waals surface area contributed by atoms with Crippen molar-refractivity contribution in [1.29, 1.82) is 0 Å². The maximum Gasteiger partial charge on any atom is 0.509 e. The highest BCUT2D eigenvalue weighted by Gasteiger charge is 2.34. The third-order valence-electron chi connectivity index (χ3n) is 2.21. The van der Waals surface area contributed by atoms with Crippen molar-refractivity contribution in [2.45, 2.75) is 19.5 Å². The molecule has 0 heterocycles. The van der Waals surface area contributed by atoms with Crippen molar-refractivity contribution in [2.75, 3.05) is 0 Å². The molecule has 0 amide bonds. The van der Waals surface area contributed by atoms with Gasteiger partial charge in [0.25, 0.3) is 0 Å². The average molecular weight is 241 g/mol. The highest BCUT2D eigenvalue weighted by Crippen LogP contribution is 2.29. The van der Waals surface area contributed by atoms with Crippen molar-refractivity contribution in [3.05, 3.63) is 29.3 Å². The molecule has 16 heavy (non-hydrogen) atoms. The van der Waals surface area contributed by atoms with Gasteiger partial charge in [-0.15, -0.1) is 5.46 Å². The van der Waals surface area contributed by atoms with Gasteiger partial charge >= 0.3 is 13.2 Å². The van der Waals surface area contributed by atoms with Gasteiger partial charge in [0.1, 0.15) is 0 Å². The fraction of sp³-hybridized carbons (Fsp3) is 0.333. The van der Waals surface area contributed by atoms with Crippen molar-refractivity contribution in [3.63, 3.8) is 0 Å². The van der Waals surface area contributed by atoms with Crippen LogP contribution in [0.15, 0.2) is 18.2 Å². The van der Waals surface area contributed by atoms with Crippen LogP contribution in [0.3, 0.4) is 0 Å². The summed E-state index contributed by atoms with van der Waals surface area (Å²) < 4.78 is 74.2. The average Bonchev–Trinajstić information content (AvgIpc) is 2.14. The molecule has 0 aromatic heterocycles. The first-order chi connectivity index (χ1) is 7.16. The molecule has 7 heteroatoms. The van der Waals surface area contributed by atoms with E-state index in [-0.39, 0.29) is 18.1 Å². The molecule has 0 spiro atoms. The van der Waals surface area contributed by atoms with Gasteiger partial charge in [0, 0.05) is 0 Å². The predicted molar refractivity (Wildman–Crippen MR) is 49.5 cm³/mol. The Bertz CT molecular complexity index is 379. The zero-order chi connectivity index (χ0) is 12.6. The van der Waals surface area contributed by atoms with Crippen LogP contribution in [0.1, 0.15) is 18.1 Å². The van der Waals surface area contributed by atoms with E-state index in [1.54, 1.807) is 0 Å². The predicted octanol–water partition coefficient (Wildman–Crippen LogP) is 3.32. The molecule has 0 N–H and O–H groups in total. The standard InChI is InChI=1S/C9H8BF6/c1-2-6-3-4-7(9(11,12)13)5-8(6)10(14,15)16/h3-5H,2H2,1H3/q-1. The van der Waals surface area contributed by atoms with Gasteiger partial charge in [0.15, 0.2) is 0 Å². The molecule has 0 atom stereocenters. The highest BCUT2D eigenvalue weighted by molar-refractivity contribution is 6.74. The van der Waals surface area contributed by atoms with Crippen LogP contribution >= 0.6 is 0 Å². The lowest BCUT2D eigenvalue weighted by atomic mass is 9.75. The van der Waals surface area contributed by atoms with E-state index in [0.717, 1.165) is 6.07 Å². The van der Waals surface area contributed by atoms with Crippen LogP contribution in [0, 0.1) is 0 Å². The normalized spacial score (nSPS) is 12.9. The van der Waals surface area contributed by atoms with Crippen molar-refractivity contribution in [3.8, 4) is 0 Å². The molecule has 0 fully saturated rings. The number of rotatable bonds is 2. The van der Waals surface area contributed by atoms with Gasteiger partial charge < -0.3 is 12.9 Å². The summed E-state index contributed by atoms with van der Waals surface area (Å²) in [4.78, 5) is 0. The van der Waals surface area contributed by atoms with Gasteiger partial charge in [-0.1, -0.05) is 24.6 Å². The van der Waals surface area contributed by atoms with E-state index >= 15 is 0 Å². The molecule has 90 valence electrons. The Morgan fingerprint density at radius 2 is 1.69 bits per heavy atom. The van der Waals surface area contributed by atoms with E-state index < -0.39 is 24.2 Å². The molecule has 0 aliphatic rings. The molecule has 0 unspecified atom stereocenters. The Balaban J connectivity index is 3.34. The van der Waals surface area contributed by atoms with Gasteiger partial charge in [-0.3, -0.25) is 0 Å². The van der Waals surface area contributed by atoms with Crippen molar-refractivity contribution in [1.82, 2.24) is 0 Å². The van der Waals surface area contributed by atoms with Crippen LogP contribution in [0.2, 0.25) is 0 Å². The van der Waals surface area contributed by atoms with Crippen molar-refractivity contribution < 1.29 is 26.1 Å². The Labute approximate surface area is 88.3 Å². The minimum Gasteiger partial charge on any atom is -0.445 e. The SMILES string of the molecule is CCc1ccc(C(F)(F)F)cc1[B-](F)(F)F. The van der Waals surface area contributed by atoms with Gasteiger partial charge in [0.2, 0.25) is 0 Å². The van der Waals surface area contributed by atoms with Crippen LogP contribution in [0.25, 0.3) is 0 Å². The van der Waals surface area contributed by atoms with Gasteiger partial charge in [0.05, 0.1) is 5.56 Å². The molecule has 0 aliphatic carbocycles. The minimum absolute atomic E-state index is 0.0503. The molecule has 0 bridgehead atoms. The summed E-state index contributed by atoms with van der Waals surface area (Å²) in [5, 5.41) is 0. The number of alkyl halides is 3. The van der Waals surface area contributed by atoms with Crippen LogP contribution in [-0.2, 0) is 12.6 Å².